The number of carbonyl (C=O) groups is 2. The van der Waals surface area contributed by atoms with Crippen molar-refractivity contribution in [2.24, 2.45) is 0 Å². The van der Waals surface area contributed by atoms with Crippen molar-refractivity contribution in [1.29, 1.82) is 0 Å². The van der Waals surface area contributed by atoms with Gasteiger partial charge in [-0.2, -0.15) is 0 Å². The van der Waals surface area contributed by atoms with Crippen LogP contribution in [0.25, 0.3) is 10.8 Å². The van der Waals surface area contributed by atoms with Crippen molar-refractivity contribution in [3.8, 4) is 5.75 Å². The van der Waals surface area contributed by atoms with E-state index in [4.69, 9.17) is 0 Å². The van der Waals surface area contributed by atoms with Gasteiger partial charge in [0.05, 0.1) is 0 Å². The van der Waals surface area contributed by atoms with Crippen LogP contribution in [0.3, 0.4) is 0 Å². The average molecular weight is 321 g/mol. The van der Waals surface area contributed by atoms with Gasteiger partial charge in [0.1, 0.15) is 5.75 Å². The Morgan fingerprint density at radius 2 is 1.75 bits per heavy atom. The van der Waals surface area contributed by atoms with Crippen LogP contribution in [0.5, 0.6) is 5.75 Å². The van der Waals surface area contributed by atoms with Gasteiger partial charge in [0, 0.05) is 35.4 Å². The number of hydrogen-bond donors (Lipinski definition) is 3. The minimum Gasteiger partial charge on any atom is -0.507 e. The Morgan fingerprint density at radius 3 is 2.54 bits per heavy atom. The zero-order valence-electron chi connectivity index (χ0n) is 12.7. The summed E-state index contributed by atoms with van der Waals surface area (Å²) >= 11 is 0. The third-order valence-corrected chi connectivity index (χ3v) is 3.53. The number of fused-ring (bicyclic) bond motifs is 1. The number of anilines is 1. The van der Waals surface area contributed by atoms with E-state index in [1.54, 1.807) is 60.9 Å². The molecule has 0 saturated carbocycles. The lowest BCUT2D eigenvalue weighted by molar-refractivity contribution is -0.136. The number of aromatic hydroxyl groups is 1. The van der Waals surface area contributed by atoms with E-state index >= 15 is 0 Å². The minimum atomic E-state index is -0.769. The zero-order chi connectivity index (χ0) is 16.9. The summed E-state index contributed by atoms with van der Waals surface area (Å²) in [5.41, 5.74) is 1.26. The zero-order valence-corrected chi connectivity index (χ0v) is 12.7. The van der Waals surface area contributed by atoms with Crippen LogP contribution in [0.15, 0.2) is 60.9 Å². The molecule has 2 aromatic carbocycles. The Labute approximate surface area is 138 Å². The largest absolute Gasteiger partial charge is 0.507 e. The molecule has 0 unspecified atom stereocenters. The number of nitrogens with one attached hydrogen (secondary N) is 2. The summed E-state index contributed by atoms with van der Waals surface area (Å²) in [4.78, 5) is 27.9. The highest BCUT2D eigenvalue weighted by molar-refractivity contribution is 6.40. The summed E-state index contributed by atoms with van der Waals surface area (Å²) in [5, 5.41) is 16.2. The molecular weight excluding hydrogens is 306 g/mol. The molecule has 120 valence electrons. The molecule has 0 aliphatic heterocycles. The van der Waals surface area contributed by atoms with Gasteiger partial charge in [-0.15, -0.1) is 0 Å². The molecule has 3 aromatic rings. The Bertz CT molecular complexity index is 894. The second-order valence-electron chi connectivity index (χ2n) is 5.18. The molecule has 0 spiro atoms. The first-order valence-corrected chi connectivity index (χ1v) is 7.34. The molecule has 0 fully saturated rings. The maximum Gasteiger partial charge on any atom is 0.313 e. The minimum absolute atomic E-state index is 0.115. The van der Waals surface area contributed by atoms with Gasteiger partial charge in [-0.05, 0) is 23.8 Å². The predicted octanol–water partition coefficient (Wildman–Crippen LogP) is 2.20. The molecule has 1 heterocycles. The predicted molar refractivity (Wildman–Crippen MR) is 90.3 cm³/mol. The lowest BCUT2D eigenvalue weighted by Crippen LogP contribution is -2.35. The van der Waals surface area contributed by atoms with Gasteiger partial charge in [-0.1, -0.05) is 30.3 Å². The number of benzene rings is 2. The van der Waals surface area contributed by atoms with Gasteiger partial charge in [-0.3, -0.25) is 14.6 Å². The van der Waals surface area contributed by atoms with Crippen LogP contribution in [0.1, 0.15) is 5.56 Å². The van der Waals surface area contributed by atoms with Crippen LogP contribution >= 0.6 is 0 Å². The molecule has 6 nitrogen and oxygen atoms in total. The first-order chi connectivity index (χ1) is 11.6. The summed E-state index contributed by atoms with van der Waals surface area (Å²) in [7, 11) is 0. The first kappa shape index (κ1) is 15.5. The van der Waals surface area contributed by atoms with E-state index in [2.05, 4.69) is 15.6 Å². The quantitative estimate of drug-likeness (QED) is 0.645. The van der Waals surface area contributed by atoms with Crippen molar-refractivity contribution >= 4 is 28.3 Å². The van der Waals surface area contributed by atoms with Crippen molar-refractivity contribution in [3.05, 3.63) is 66.5 Å². The summed E-state index contributed by atoms with van der Waals surface area (Å²) in [6.07, 6.45) is 3.25. The molecule has 0 aliphatic rings. The van der Waals surface area contributed by atoms with Crippen molar-refractivity contribution in [2.45, 2.75) is 6.54 Å². The van der Waals surface area contributed by atoms with Gasteiger partial charge in [0.25, 0.3) is 0 Å². The maximum absolute atomic E-state index is 12.1. The second-order valence-corrected chi connectivity index (χ2v) is 5.18. The normalized spacial score (nSPS) is 10.3. The van der Waals surface area contributed by atoms with E-state index in [1.807, 2.05) is 0 Å². The van der Waals surface area contributed by atoms with E-state index in [0.717, 1.165) is 5.56 Å². The second kappa shape index (κ2) is 6.78. The van der Waals surface area contributed by atoms with Crippen LogP contribution in [0.4, 0.5) is 5.69 Å². The number of rotatable bonds is 3. The van der Waals surface area contributed by atoms with Gasteiger partial charge >= 0.3 is 11.8 Å². The van der Waals surface area contributed by atoms with Gasteiger partial charge < -0.3 is 15.7 Å². The average Bonchev–Trinajstić information content (AvgIpc) is 2.61. The van der Waals surface area contributed by atoms with E-state index in [-0.39, 0.29) is 12.3 Å². The highest BCUT2D eigenvalue weighted by atomic mass is 16.3. The van der Waals surface area contributed by atoms with Crippen LogP contribution < -0.4 is 10.6 Å². The lowest BCUT2D eigenvalue weighted by Gasteiger charge is -2.10. The number of amides is 2. The Hall–Kier alpha value is -3.41. The summed E-state index contributed by atoms with van der Waals surface area (Å²) < 4.78 is 0. The number of hydrogen-bond acceptors (Lipinski definition) is 4. The summed E-state index contributed by atoms with van der Waals surface area (Å²) in [5.74, 6) is -1.39. The molecule has 2 amide bonds. The molecule has 3 rings (SSSR count). The summed E-state index contributed by atoms with van der Waals surface area (Å²) in [6, 6.07) is 13.7. The highest BCUT2D eigenvalue weighted by Crippen LogP contribution is 2.29. The fourth-order valence-electron chi connectivity index (χ4n) is 2.35. The van der Waals surface area contributed by atoms with E-state index in [1.165, 1.54) is 0 Å². The van der Waals surface area contributed by atoms with Crippen LogP contribution in [-0.4, -0.2) is 21.9 Å². The van der Waals surface area contributed by atoms with Crippen LogP contribution in [-0.2, 0) is 16.1 Å². The van der Waals surface area contributed by atoms with Crippen molar-refractivity contribution in [3.63, 3.8) is 0 Å². The lowest BCUT2D eigenvalue weighted by atomic mass is 10.1. The Balaban J connectivity index is 1.71. The number of nitrogens with zero attached hydrogens (tertiary/aromatic N) is 1. The third-order valence-electron chi connectivity index (χ3n) is 3.53. The van der Waals surface area contributed by atoms with E-state index in [9.17, 15) is 14.7 Å². The molecular formula is C18H15N3O3. The first-order valence-electron chi connectivity index (χ1n) is 7.34. The molecule has 0 saturated heterocycles. The molecule has 3 N–H and O–H groups in total. The van der Waals surface area contributed by atoms with Gasteiger partial charge in [0.2, 0.25) is 0 Å². The van der Waals surface area contributed by atoms with Crippen LogP contribution in [0.2, 0.25) is 0 Å². The fourth-order valence-corrected chi connectivity index (χ4v) is 2.35. The smallest absolute Gasteiger partial charge is 0.313 e. The van der Waals surface area contributed by atoms with E-state index < -0.39 is 11.8 Å². The number of pyridine rings is 1. The molecule has 6 heteroatoms. The van der Waals surface area contributed by atoms with Gasteiger partial charge in [0.15, 0.2) is 0 Å². The van der Waals surface area contributed by atoms with Crippen molar-refractivity contribution < 1.29 is 14.7 Å². The molecule has 0 bridgehead atoms. The third kappa shape index (κ3) is 3.33. The number of phenols is 1. The summed E-state index contributed by atoms with van der Waals surface area (Å²) in [6.45, 7) is 0.219. The Kier molecular flexibility index (Phi) is 4.38. The van der Waals surface area contributed by atoms with Gasteiger partial charge in [-0.25, -0.2) is 0 Å². The molecule has 0 radical (unpaired) electrons. The molecule has 0 aliphatic carbocycles. The standard InChI is InChI=1S/C18H15N3O3/c22-16-8-2-5-13-14(16)6-1-7-15(13)21-18(24)17(23)20-11-12-4-3-9-19-10-12/h1-10,22H,11H2,(H,20,23)(H,21,24). The Morgan fingerprint density at radius 1 is 0.958 bits per heavy atom. The fraction of sp³-hybridized carbons (Fsp3) is 0.0556. The SMILES string of the molecule is O=C(NCc1cccnc1)C(=O)Nc1cccc2c(O)cccc12. The van der Waals surface area contributed by atoms with Crippen molar-refractivity contribution in [1.82, 2.24) is 10.3 Å². The number of phenolic OH excluding ortho intramolecular Hbond substituents is 1. The molecule has 24 heavy (non-hydrogen) atoms. The van der Waals surface area contributed by atoms with Crippen molar-refractivity contribution in [2.75, 3.05) is 5.32 Å². The maximum atomic E-state index is 12.1. The van der Waals surface area contributed by atoms with Crippen LogP contribution in [0, 0.1) is 0 Å². The number of aromatic nitrogens is 1. The monoisotopic (exact) mass is 321 g/mol. The number of carbonyl (C=O) groups excluding carboxylic acids is 2. The molecule has 0 atom stereocenters. The topological polar surface area (TPSA) is 91.3 Å². The van der Waals surface area contributed by atoms with E-state index in [0.29, 0.717) is 16.5 Å². The highest BCUT2D eigenvalue weighted by Gasteiger charge is 2.15. The molecule has 1 aromatic heterocycles.